The number of rotatable bonds is 4. The van der Waals surface area contributed by atoms with Crippen LogP contribution in [0.5, 0.6) is 0 Å². The van der Waals surface area contributed by atoms with E-state index in [-0.39, 0.29) is 17.9 Å². The zero-order valence-electron chi connectivity index (χ0n) is 12.9. The minimum absolute atomic E-state index is 0.0583. The molecule has 0 saturated heterocycles. The van der Waals surface area contributed by atoms with Crippen LogP contribution in [0.1, 0.15) is 35.2 Å². The van der Waals surface area contributed by atoms with E-state index in [4.69, 9.17) is 5.11 Å². The Balaban J connectivity index is 1.63. The Morgan fingerprint density at radius 1 is 1.26 bits per heavy atom. The lowest BCUT2D eigenvalue weighted by Crippen LogP contribution is -2.33. The van der Waals surface area contributed by atoms with Gasteiger partial charge < -0.3 is 10.4 Å². The molecule has 2 atom stereocenters. The fraction of sp³-hybridized carbons (Fsp3) is 0.353. The van der Waals surface area contributed by atoms with Gasteiger partial charge in [-0.25, -0.2) is 4.68 Å². The van der Waals surface area contributed by atoms with Crippen molar-refractivity contribution < 1.29 is 14.7 Å². The SMILES string of the molecule is Cc1cnn(-c2ccc(C(=O)N[C@@H]3CC[C@H](C(=O)O)C3)cc2)c1. The molecule has 1 aromatic carbocycles. The van der Waals surface area contributed by atoms with E-state index in [9.17, 15) is 9.59 Å². The first-order valence-electron chi connectivity index (χ1n) is 7.68. The molecule has 1 aromatic heterocycles. The maximum atomic E-state index is 12.2. The maximum Gasteiger partial charge on any atom is 0.306 e. The highest BCUT2D eigenvalue weighted by Crippen LogP contribution is 2.25. The van der Waals surface area contributed by atoms with Crippen molar-refractivity contribution in [3.63, 3.8) is 0 Å². The quantitative estimate of drug-likeness (QED) is 0.906. The summed E-state index contributed by atoms with van der Waals surface area (Å²) in [5, 5.41) is 16.1. The van der Waals surface area contributed by atoms with E-state index in [1.54, 1.807) is 23.0 Å². The number of hydrogen-bond acceptors (Lipinski definition) is 3. The molecule has 6 heteroatoms. The number of hydrogen-bond donors (Lipinski definition) is 2. The average Bonchev–Trinajstić information content (AvgIpc) is 3.16. The largest absolute Gasteiger partial charge is 0.481 e. The van der Waals surface area contributed by atoms with Crippen molar-refractivity contribution >= 4 is 11.9 Å². The van der Waals surface area contributed by atoms with E-state index in [1.165, 1.54) is 0 Å². The Bertz CT molecular complexity index is 721. The molecule has 0 aliphatic heterocycles. The van der Waals surface area contributed by atoms with Gasteiger partial charge in [-0.2, -0.15) is 5.10 Å². The molecule has 3 rings (SSSR count). The Morgan fingerprint density at radius 2 is 2.00 bits per heavy atom. The van der Waals surface area contributed by atoms with Gasteiger partial charge >= 0.3 is 5.97 Å². The highest BCUT2D eigenvalue weighted by Gasteiger charge is 2.30. The van der Waals surface area contributed by atoms with E-state index in [2.05, 4.69) is 10.4 Å². The molecule has 6 nitrogen and oxygen atoms in total. The van der Waals surface area contributed by atoms with Crippen LogP contribution in [-0.2, 0) is 4.79 Å². The summed E-state index contributed by atoms with van der Waals surface area (Å²) in [6.07, 6.45) is 5.54. The number of aliphatic carboxylic acids is 1. The number of aryl methyl sites for hydroxylation is 1. The van der Waals surface area contributed by atoms with E-state index in [1.807, 2.05) is 25.3 Å². The summed E-state index contributed by atoms with van der Waals surface area (Å²) in [5.41, 5.74) is 2.53. The minimum atomic E-state index is -0.777. The smallest absolute Gasteiger partial charge is 0.306 e. The van der Waals surface area contributed by atoms with Crippen molar-refractivity contribution in [2.75, 3.05) is 0 Å². The molecular formula is C17H19N3O3. The van der Waals surface area contributed by atoms with Gasteiger partial charge in [-0.3, -0.25) is 9.59 Å². The molecule has 0 unspecified atom stereocenters. The zero-order chi connectivity index (χ0) is 16.4. The first-order valence-corrected chi connectivity index (χ1v) is 7.68. The molecule has 2 N–H and O–H groups in total. The molecule has 0 spiro atoms. The average molecular weight is 313 g/mol. The summed E-state index contributed by atoms with van der Waals surface area (Å²) in [6, 6.07) is 7.14. The van der Waals surface area contributed by atoms with Crippen molar-refractivity contribution in [1.29, 1.82) is 0 Å². The van der Waals surface area contributed by atoms with Crippen molar-refractivity contribution in [1.82, 2.24) is 15.1 Å². The second-order valence-electron chi connectivity index (χ2n) is 6.03. The first kappa shape index (κ1) is 15.3. The van der Waals surface area contributed by atoms with E-state index >= 15 is 0 Å². The van der Waals surface area contributed by atoms with E-state index in [0.717, 1.165) is 11.3 Å². The topological polar surface area (TPSA) is 84.2 Å². The lowest BCUT2D eigenvalue weighted by atomic mass is 10.1. The Kier molecular flexibility index (Phi) is 4.14. The summed E-state index contributed by atoms with van der Waals surface area (Å²) < 4.78 is 1.76. The standard InChI is InChI=1S/C17H19N3O3/c1-11-9-18-20(10-11)15-6-3-12(4-7-15)16(21)19-14-5-2-13(8-14)17(22)23/h3-4,6-7,9-10,13-14H,2,5,8H2,1H3,(H,19,21)(H,22,23)/t13-,14+/m0/s1. The molecule has 23 heavy (non-hydrogen) atoms. The van der Waals surface area contributed by atoms with Gasteiger partial charge in [0.1, 0.15) is 0 Å². The second-order valence-corrected chi connectivity index (χ2v) is 6.03. The van der Waals surface area contributed by atoms with Gasteiger partial charge in [-0.05, 0) is 56.0 Å². The molecule has 0 bridgehead atoms. The summed E-state index contributed by atoms with van der Waals surface area (Å²) in [6.45, 7) is 1.97. The lowest BCUT2D eigenvalue weighted by molar-refractivity contribution is -0.141. The zero-order valence-corrected chi connectivity index (χ0v) is 12.9. The van der Waals surface area contributed by atoms with Crippen LogP contribution in [0.25, 0.3) is 5.69 Å². The summed E-state index contributed by atoms with van der Waals surface area (Å²) in [7, 11) is 0. The van der Waals surface area contributed by atoms with Crippen molar-refractivity contribution in [3.8, 4) is 5.69 Å². The number of carboxylic acids is 1. The summed E-state index contributed by atoms with van der Waals surface area (Å²) in [5.74, 6) is -1.28. The van der Waals surface area contributed by atoms with Gasteiger partial charge in [0.15, 0.2) is 0 Å². The maximum absolute atomic E-state index is 12.2. The molecule has 2 aromatic rings. The number of carbonyl (C=O) groups is 2. The predicted molar refractivity (Wildman–Crippen MR) is 84.5 cm³/mol. The third-order valence-corrected chi connectivity index (χ3v) is 4.22. The van der Waals surface area contributed by atoms with Crippen LogP contribution in [-0.4, -0.2) is 32.8 Å². The van der Waals surface area contributed by atoms with Crippen molar-refractivity contribution in [3.05, 3.63) is 47.8 Å². The molecule has 1 heterocycles. The number of carbonyl (C=O) groups excluding carboxylic acids is 1. The highest BCUT2D eigenvalue weighted by molar-refractivity contribution is 5.94. The van der Waals surface area contributed by atoms with Gasteiger partial charge in [0.05, 0.1) is 17.8 Å². The first-order chi connectivity index (χ1) is 11.0. The summed E-state index contributed by atoms with van der Waals surface area (Å²) >= 11 is 0. The number of benzene rings is 1. The van der Waals surface area contributed by atoms with Crippen molar-refractivity contribution in [2.45, 2.75) is 32.2 Å². The normalized spacial score (nSPS) is 20.4. The molecule has 1 aliphatic carbocycles. The van der Waals surface area contributed by atoms with Crippen molar-refractivity contribution in [2.24, 2.45) is 5.92 Å². The molecule has 1 aliphatic rings. The molecule has 1 amide bonds. The van der Waals surface area contributed by atoms with Crippen LogP contribution in [0.4, 0.5) is 0 Å². The third kappa shape index (κ3) is 3.41. The minimum Gasteiger partial charge on any atom is -0.481 e. The Labute approximate surface area is 134 Å². The molecular weight excluding hydrogens is 294 g/mol. The van der Waals surface area contributed by atoms with Crippen LogP contribution in [0.2, 0.25) is 0 Å². The van der Waals surface area contributed by atoms with Gasteiger partial charge in [-0.15, -0.1) is 0 Å². The van der Waals surface area contributed by atoms with Crippen LogP contribution in [0.3, 0.4) is 0 Å². The number of nitrogens with zero attached hydrogens (tertiary/aromatic N) is 2. The fourth-order valence-corrected chi connectivity index (χ4v) is 2.93. The van der Waals surface area contributed by atoms with Gasteiger partial charge in [0.2, 0.25) is 0 Å². The van der Waals surface area contributed by atoms with E-state index in [0.29, 0.717) is 24.8 Å². The Morgan fingerprint density at radius 3 is 2.57 bits per heavy atom. The van der Waals surface area contributed by atoms with Crippen LogP contribution >= 0.6 is 0 Å². The number of aromatic nitrogens is 2. The summed E-state index contributed by atoms with van der Waals surface area (Å²) in [4.78, 5) is 23.2. The molecule has 120 valence electrons. The van der Waals surface area contributed by atoms with Crippen LogP contribution in [0.15, 0.2) is 36.7 Å². The highest BCUT2D eigenvalue weighted by atomic mass is 16.4. The van der Waals surface area contributed by atoms with Gasteiger partial charge in [0.25, 0.3) is 5.91 Å². The Hall–Kier alpha value is -2.63. The fourth-order valence-electron chi connectivity index (χ4n) is 2.93. The molecule has 1 saturated carbocycles. The predicted octanol–water partition coefficient (Wildman–Crippen LogP) is 2.16. The number of amides is 1. The lowest BCUT2D eigenvalue weighted by Gasteiger charge is -2.12. The van der Waals surface area contributed by atoms with Crippen LogP contribution in [0, 0.1) is 12.8 Å². The molecule has 0 radical (unpaired) electrons. The van der Waals surface area contributed by atoms with Gasteiger partial charge in [-0.1, -0.05) is 0 Å². The molecule has 1 fully saturated rings. The second kappa shape index (κ2) is 6.24. The number of carboxylic acid groups (broad SMARTS) is 1. The number of nitrogens with one attached hydrogen (secondary N) is 1. The third-order valence-electron chi connectivity index (χ3n) is 4.22. The monoisotopic (exact) mass is 313 g/mol. The van der Waals surface area contributed by atoms with E-state index < -0.39 is 5.97 Å². The van der Waals surface area contributed by atoms with Gasteiger partial charge in [0, 0.05) is 17.8 Å². The van der Waals surface area contributed by atoms with Crippen LogP contribution < -0.4 is 5.32 Å².